The molecule has 0 amide bonds. The van der Waals surface area contributed by atoms with Gasteiger partial charge in [-0.25, -0.2) is 0 Å². The fraction of sp³-hybridized carbons (Fsp3) is 0.333. The van der Waals surface area contributed by atoms with Gasteiger partial charge in [-0.3, -0.25) is 0 Å². The average Bonchev–Trinajstić information content (AvgIpc) is 1.97. The number of anilines is 1. The van der Waals surface area contributed by atoms with Crippen LogP contribution in [0.15, 0.2) is 12.1 Å². The van der Waals surface area contributed by atoms with Gasteiger partial charge in [-0.1, -0.05) is 18.5 Å². The molecular formula is C9H12ClN. The van der Waals surface area contributed by atoms with Crippen LogP contribution in [-0.4, -0.2) is 0 Å². The Labute approximate surface area is 72.2 Å². The molecule has 0 saturated carbocycles. The highest BCUT2D eigenvalue weighted by Crippen LogP contribution is 2.23. The van der Waals surface area contributed by atoms with Crippen molar-refractivity contribution in [2.75, 3.05) is 5.73 Å². The van der Waals surface area contributed by atoms with Gasteiger partial charge in [-0.2, -0.15) is 0 Å². The molecule has 0 saturated heterocycles. The first-order chi connectivity index (χ1) is 5.15. The molecule has 1 nitrogen and oxygen atoms in total. The molecule has 0 unspecified atom stereocenters. The summed E-state index contributed by atoms with van der Waals surface area (Å²) < 4.78 is 0. The van der Waals surface area contributed by atoms with Gasteiger partial charge in [0.2, 0.25) is 0 Å². The number of nitrogen functional groups attached to an aromatic ring is 1. The van der Waals surface area contributed by atoms with E-state index in [0.717, 1.165) is 6.42 Å². The van der Waals surface area contributed by atoms with Crippen LogP contribution in [0.4, 0.5) is 5.69 Å². The lowest BCUT2D eigenvalue weighted by Crippen LogP contribution is -1.92. The van der Waals surface area contributed by atoms with E-state index in [1.54, 1.807) is 0 Å². The Hall–Kier alpha value is -0.690. The largest absolute Gasteiger partial charge is 0.398 e. The van der Waals surface area contributed by atoms with Crippen LogP contribution in [0.25, 0.3) is 0 Å². The number of aryl methyl sites for hydroxylation is 2. The quantitative estimate of drug-likeness (QED) is 0.643. The fourth-order valence-corrected chi connectivity index (χ4v) is 1.34. The first-order valence-electron chi connectivity index (χ1n) is 3.69. The van der Waals surface area contributed by atoms with E-state index >= 15 is 0 Å². The number of halogens is 1. The number of hydrogen-bond donors (Lipinski definition) is 1. The van der Waals surface area contributed by atoms with E-state index in [0.29, 0.717) is 10.7 Å². The molecule has 1 aromatic carbocycles. The van der Waals surface area contributed by atoms with Gasteiger partial charge in [0.15, 0.2) is 0 Å². The van der Waals surface area contributed by atoms with E-state index in [4.69, 9.17) is 17.3 Å². The molecule has 0 spiro atoms. The van der Waals surface area contributed by atoms with Crippen LogP contribution in [0.1, 0.15) is 18.1 Å². The van der Waals surface area contributed by atoms with Crippen LogP contribution >= 0.6 is 11.6 Å². The summed E-state index contributed by atoms with van der Waals surface area (Å²) in [6, 6.07) is 3.85. The van der Waals surface area contributed by atoms with E-state index in [1.165, 1.54) is 11.1 Å². The highest BCUT2D eigenvalue weighted by molar-refractivity contribution is 6.33. The minimum absolute atomic E-state index is 0.653. The predicted molar refractivity (Wildman–Crippen MR) is 50.0 cm³/mol. The third-order valence-electron chi connectivity index (χ3n) is 1.84. The molecule has 0 aliphatic heterocycles. The van der Waals surface area contributed by atoms with Gasteiger partial charge >= 0.3 is 0 Å². The highest BCUT2D eigenvalue weighted by Gasteiger charge is 2.00. The van der Waals surface area contributed by atoms with Crippen LogP contribution < -0.4 is 5.73 Å². The van der Waals surface area contributed by atoms with Crippen LogP contribution in [0.5, 0.6) is 0 Å². The molecule has 11 heavy (non-hydrogen) atoms. The summed E-state index contributed by atoms with van der Waals surface area (Å²) in [6.45, 7) is 4.15. The zero-order valence-corrected chi connectivity index (χ0v) is 7.57. The maximum atomic E-state index is 5.82. The molecule has 2 N–H and O–H groups in total. The Morgan fingerprint density at radius 1 is 1.45 bits per heavy atom. The van der Waals surface area contributed by atoms with Crippen molar-refractivity contribution in [3.63, 3.8) is 0 Å². The van der Waals surface area contributed by atoms with E-state index in [1.807, 2.05) is 19.1 Å². The van der Waals surface area contributed by atoms with Gasteiger partial charge in [-0.05, 0) is 36.6 Å². The summed E-state index contributed by atoms with van der Waals surface area (Å²) in [5, 5.41) is 0.653. The lowest BCUT2D eigenvalue weighted by atomic mass is 10.1. The van der Waals surface area contributed by atoms with E-state index < -0.39 is 0 Å². The molecule has 1 rings (SSSR count). The molecule has 0 aliphatic rings. The van der Waals surface area contributed by atoms with Gasteiger partial charge < -0.3 is 5.73 Å². The SMILES string of the molecule is CCc1cc(N)c(Cl)cc1C. The second-order valence-electron chi connectivity index (χ2n) is 2.65. The number of rotatable bonds is 1. The smallest absolute Gasteiger partial charge is 0.0638 e. The highest BCUT2D eigenvalue weighted by atomic mass is 35.5. The van der Waals surface area contributed by atoms with Crippen LogP contribution in [0.3, 0.4) is 0 Å². The monoisotopic (exact) mass is 169 g/mol. The average molecular weight is 170 g/mol. The lowest BCUT2D eigenvalue weighted by Gasteiger charge is -2.05. The van der Waals surface area contributed by atoms with Crippen molar-refractivity contribution in [1.82, 2.24) is 0 Å². The van der Waals surface area contributed by atoms with Gasteiger partial charge in [0, 0.05) is 0 Å². The molecule has 60 valence electrons. The minimum Gasteiger partial charge on any atom is -0.398 e. The number of nitrogens with two attached hydrogens (primary N) is 1. The first-order valence-corrected chi connectivity index (χ1v) is 4.07. The van der Waals surface area contributed by atoms with E-state index in [-0.39, 0.29) is 0 Å². The standard InChI is InChI=1S/C9H12ClN/c1-3-7-5-9(11)8(10)4-6(7)2/h4-5H,3,11H2,1-2H3. The summed E-state index contributed by atoms with van der Waals surface area (Å²) >= 11 is 5.82. The second kappa shape index (κ2) is 3.14. The maximum Gasteiger partial charge on any atom is 0.0638 e. The normalized spacial score (nSPS) is 10.1. The molecule has 0 aliphatic carbocycles. The van der Waals surface area contributed by atoms with E-state index in [2.05, 4.69) is 6.92 Å². The first kappa shape index (κ1) is 8.41. The third kappa shape index (κ3) is 1.66. The molecule has 0 bridgehead atoms. The zero-order chi connectivity index (χ0) is 8.43. The van der Waals surface area contributed by atoms with Crippen LogP contribution in [0.2, 0.25) is 5.02 Å². The van der Waals surface area contributed by atoms with Crippen molar-refractivity contribution >= 4 is 17.3 Å². The third-order valence-corrected chi connectivity index (χ3v) is 2.16. The fourth-order valence-electron chi connectivity index (χ4n) is 1.12. The minimum atomic E-state index is 0.653. The van der Waals surface area contributed by atoms with Crippen molar-refractivity contribution in [1.29, 1.82) is 0 Å². The van der Waals surface area contributed by atoms with Crippen molar-refractivity contribution in [2.45, 2.75) is 20.3 Å². The van der Waals surface area contributed by atoms with Gasteiger partial charge in [0.05, 0.1) is 10.7 Å². The van der Waals surface area contributed by atoms with Crippen molar-refractivity contribution in [3.05, 3.63) is 28.3 Å². The zero-order valence-electron chi connectivity index (χ0n) is 6.82. The van der Waals surface area contributed by atoms with Crippen molar-refractivity contribution in [2.24, 2.45) is 0 Å². The molecule has 0 heterocycles. The maximum absolute atomic E-state index is 5.82. The molecular weight excluding hydrogens is 158 g/mol. The number of hydrogen-bond acceptors (Lipinski definition) is 1. The Balaban J connectivity index is 3.21. The molecule has 0 fully saturated rings. The Morgan fingerprint density at radius 3 is 2.64 bits per heavy atom. The Kier molecular flexibility index (Phi) is 2.40. The Morgan fingerprint density at radius 2 is 2.09 bits per heavy atom. The topological polar surface area (TPSA) is 26.0 Å². The van der Waals surface area contributed by atoms with E-state index in [9.17, 15) is 0 Å². The molecule has 0 atom stereocenters. The summed E-state index contributed by atoms with van der Waals surface area (Å²) in [5.41, 5.74) is 8.79. The lowest BCUT2D eigenvalue weighted by molar-refractivity contribution is 1.11. The van der Waals surface area contributed by atoms with Crippen molar-refractivity contribution in [3.8, 4) is 0 Å². The van der Waals surface area contributed by atoms with Gasteiger partial charge in [-0.15, -0.1) is 0 Å². The molecule has 2 heteroatoms. The van der Waals surface area contributed by atoms with Gasteiger partial charge in [0.25, 0.3) is 0 Å². The summed E-state index contributed by atoms with van der Waals surface area (Å²) in [5.74, 6) is 0. The van der Waals surface area contributed by atoms with Crippen LogP contribution in [0, 0.1) is 6.92 Å². The van der Waals surface area contributed by atoms with Crippen molar-refractivity contribution < 1.29 is 0 Å². The van der Waals surface area contributed by atoms with Gasteiger partial charge in [0.1, 0.15) is 0 Å². The number of benzene rings is 1. The second-order valence-corrected chi connectivity index (χ2v) is 3.06. The molecule has 0 radical (unpaired) electrons. The Bertz CT molecular complexity index is 269. The molecule has 1 aromatic rings. The van der Waals surface area contributed by atoms with Crippen LogP contribution in [-0.2, 0) is 6.42 Å². The predicted octanol–water partition coefficient (Wildman–Crippen LogP) is 2.79. The molecule has 0 aromatic heterocycles. The summed E-state index contributed by atoms with van der Waals surface area (Å²) in [4.78, 5) is 0. The summed E-state index contributed by atoms with van der Waals surface area (Å²) in [6.07, 6.45) is 1.01. The summed E-state index contributed by atoms with van der Waals surface area (Å²) in [7, 11) is 0.